The van der Waals surface area contributed by atoms with Crippen LogP contribution in [0.15, 0.2) is 36.4 Å². The van der Waals surface area contributed by atoms with Crippen molar-refractivity contribution in [2.45, 2.75) is 26.2 Å². The third-order valence-corrected chi connectivity index (χ3v) is 6.43. The van der Waals surface area contributed by atoms with E-state index in [2.05, 4.69) is 10.9 Å². The SMILES string of the molecule is CCCCCS(=O)(=O)CC(=O)NNC(=O)c1ccc(-c2ccc(F)cc2)s1. The van der Waals surface area contributed by atoms with Crippen molar-refractivity contribution >= 4 is 33.0 Å². The first kappa shape index (κ1) is 21.0. The van der Waals surface area contributed by atoms with Crippen LogP contribution in [0.3, 0.4) is 0 Å². The molecule has 146 valence electrons. The molecule has 1 heterocycles. The lowest BCUT2D eigenvalue weighted by Gasteiger charge is -2.07. The second kappa shape index (κ2) is 9.61. The number of unbranched alkanes of at least 4 members (excludes halogenated alkanes) is 2. The van der Waals surface area contributed by atoms with E-state index < -0.39 is 27.4 Å². The molecule has 0 saturated carbocycles. The van der Waals surface area contributed by atoms with E-state index >= 15 is 0 Å². The first-order valence-electron chi connectivity index (χ1n) is 8.46. The summed E-state index contributed by atoms with van der Waals surface area (Å²) >= 11 is 1.17. The van der Waals surface area contributed by atoms with Gasteiger partial charge in [-0.15, -0.1) is 11.3 Å². The number of carbonyl (C=O) groups excluding carboxylic acids is 2. The van der Waals surface area contributed by atoms with Crippen molar-refractivity contribution in [2.24, 2.45) is 0 Å². The van der Waals surface area contributed by atoms with Crippen LogP contribution in [0.25, 0.3) is 10.4 Å². The van der Waals surface area contributed by atoms with Crippen LogP contribution in [0.1, 0.15) is 35.9 Å². The van der Waals surface area contributed by atoms with Gasteiger partial charge in [-0.1, -0.05) is 31.9 Å². The molecule has 0 bridgehead atoms. The van der Waals surface area contributed by atoms with E-state index in [0.29, 0.717) is 11.3 Å². The lowest BCUT2D eigenvalue weighted by molar-refractivity contribution is -0.119. The number of rotatable bonds is 8. The molecule has 2 rings (SSSR count). The van der Waals surface area contributed by atoms with Gasteiger partial charge in [0.1, 0.15) is 11.6 Å². The molecule has 1 aromatic carbocycles. The number of hydrogen-bond donors (Lipinski definition) is 2. The predicted octanol–water partition coefficient (Wildman–Crippen LogP) is 2.92. The first-order chi connectivity index (χ1) is 12.8. The number of amides is 2. The summed E-state index contributed by atoms with van der Waals surface area (Å²) < 4.78 is 36.6. The second-order valence-electron chi connectivity index (χ2n) is 5.97. The molecule has 0 fully saturated rings. The summed E-state index contributed by atoms with van der Waals surface area (Å²) in [6, 6.07) is 9.16. The zero-order valence-electron chi connectivity index (χ0n) is 14.8. The van der Waals surface area contributed by atoms with Gasteiger partial charge in [0.25, 0.3) is 11.8 Å². The van der Waals surface area contributed by atoms with E-state index in [4.69, 9.17) is 0 Å². The Labute approximate surface area is 161 Å². The van der Waals surface area contributed by atoms with E-state index in [0.717, 1.165) is 23.3 Å². The molecule has 2 amide bonds. The minimum atomic E-state index is -3.49. The number of sulfone groups is 1. The van der Waals surface area contributed by atoms with E-state index in [9.17, 15) is 22.4 Å². The number of nitrogens with one attached hydrogen (secondary N) is 2. The molecule has 27 heavy (non-hydrogen) atoms. The fourth-order valence-electron chi connectivity index (χ4n) is 2.30. The van der Waals surface area contributed by atoms with Gasteiger partial charge in [0.2, 0.25) is 0 Å². The number of hydrogen-bond acceptors (Lipinski definition) is 5. The molecule has 0 radical (unpaired) electrons. The molecule has 0 saturated heterocycles. The lowest BCUT2D eigenvalue weighted by Crippen LogP contribution is -2.44. The number of halogens is 1. The van der Waals surface area contributed by atoms with Gasteiger partial charge >= 0.3 is 0 Å². The summed E-state index contributed by atoms with van der Waals surface area (Å²) in [6.07, 6.45) is 2.19. The zero-order valence-corrected chi connectivity index (χ0v) is 16.5. The molecule has 6 nitrogen and oxygen atoms in total. The molecule has 0 aliphatic carbocycles. The van der Waals surface area contributed by atoms with Gasteiger partial charge in [-0.2, -0.15) is 0 Å². The molecule has 0 spiro atoms. The molecule has 1 aromatic heterocycles. The van der Waals surface area contributed by atoms with Crippen LogP contribution in [-0.4, -0.2) is 31.7 Å². The van der Waals surface area contributed by atoms with Gasteiger partial charge in [0.05, 0.1) is 10.6 Å². The van der Waals surface area contributed by atoms with Crippen molar-refractivity contribution in [2.75, 3.05) is 11.5 Å². The van der Waals surface area contributed by atoms with Gasteiger partial charge < -0.3 is 0 Å². The van der Waals surface area contributed by atoms with Crippen molar-refractivity contribution in [1.29, 1.82) is 0 Å². The molecule has 2 aromatic rings. The molecular formula is C18H21FN2O4S2. The summed E-state index contributed by atoms with van der Waals surface area (Å²) in [5.41, 5.74) is 5.10. The molecule has 0 aliphatic rings. The second-order valence-corrected chi connectivity index (χ2v) is 9.24. The van der Waals surface area contributed by atoms with Crippen LogP contribution in [-0.2, 0) is 14.6 Å². The van der Waals surface area contributed by atoms with Crippen molar-refractivity contribution in [3.63, 3.8) is 0 Å². The summed E-state index contributed by atoms with van der Waals surface area (Å²) in [7, 11) is -3.49. The maximum atomic E-state index is 13.0. The monoisotopic (exact) mass is 412 g/mol. The Balaban J connectivity index is 1.87. The van der Waals surface area contributed by atoms with Crippen molar-refractivity contribution in [3.05, 3.63) is 47.1 Å². The van der Waals surface area contributed by atoms with Crippen LogP contribution >= 0.6 is 11.3 Å². The fraction of sp³-hybridized carbons (Fsp3) is 0.333. The lowest BCUT2D eigenvalue weighted by atomic mass is 10.2. The Morgan fingerprint density at radius 2 is 1.74 bits per heavy atom. The number of carbonyl (C=O) groups is 2. The summed E-state index contributed by atoms with van der Waals surface area (Å²) in [4.78, 5) is 25.0. The van der Waals surface area contributed by atoms with Gasteiger partial charge in [0, 0.05) is 4.88 Å². The van der Waals surface area contributed by atoms with Crippen LogP contribution in [0.2, 0.25) is 0 Å². The molecule has 0 atom stereocenters. The molecule has 0 aliphatic heterocycles. The van der Waals surface area contributed by atoms with Gasteiger partial charge in [0.15, 0.2) is 9.84 Å². The molecular weight excluding hydrogens is 391 g/mol. The topological polar surface area (TPSA) is 92.3 Å². The highest BCUT2D eigenvalue weighted by molar-refractivity contribution is 7.92. The Bertz CT molecular complexity index is 892. The third-order valence-electron chi connectivity index (χ3n) is 3.68. The van der Waals surface area contributed by atoms with E-state index in [1.807, 2.05) is 6.92 Å². The molecule has 2 N–H and O–H groups in total. The summed E-state index contributed by atoms with van der Waals surface area (Å²) in [5.74, 6) is -2.39. The average molecular weight is 413 g/mol. The third kappa shape index (κ3) is 6.76. The normalized spacial score (nSPS) is 11.2. The minimum Gasteiger partial charge on any atom is -0.272 e. The quantitative estimate of drug-likeness (QED) is 0.515. The predicted molar refractivity (Wildman–Crippen MR) is 104 cm³/mol. The zero-order chi connectivity index (χ0) is 19.9. The van der Waals surface area contributed by atoms with Gasteiger partial charge in [-0.25, -0.2) is 12.8 Å². The van der Waals surface area contributed by atoms with Crippen molar-refractivity contribution in [3.8, 4) is 10.4 Å². The Morgan fingerprint density at radius 1 is 1.04 bits per heavy atom. The maximum Gasteiger partial charge on any atom is 0.279 e. The molecule has 0 unspecified atom stereocenters. The fourth-order valence-corrected chi connectivity index (χ4v) is 4.46. The van der Waals surface area contributed by atoms with Crippen LogP contribution < -0.4 is 10.9 Å². The highest BCUT2D eigenvalue weighted by Gasteiger charge is 2.17. The Kier molecular flexibility index (Phi) is 7.49. The van der Waals surface area contributed by atoms with Crippen molar-refractivity contribution < 1.29 is 22.4 Å². The largest absolute Gasteiger partial charge is 0.279 e. The molecule has 9 heteroatoms. The average Bonchev–Trinajstić information content (AvgIpc) is 3.10. The van der Waals surface area contributed by atoms with Crippen LogP contribution in [0, 0.1) is 5.82 Å². The van der Waals surface area contributed by atoms with E-state index in [1.165, 1.54) is 23.5 Å². The van der Waals surface area contributed by atoms with Gasteiger partial charge in [-0.05, 0) is 36.2 Å². The smallest absolute Gasteiger partial charge is 0.272 e. The number of hydrazine groups is 1. The van der Waals surface area contributed by atoms with Crippen LogP contribution in [0.5, 0.6) is 0 Å². The first-order valence-corrected chi connectivity index (χ1v) is 11.1. The van der Waals surface area contributed by atoms with Crippen molar-refractivity contribution in [1.82, 2.24) is 10.9 Å². The van der Waals surface area contributed by atoms with E-state index in [1.54, 1.807) is 24.3 Å². The summed E-state index contributed by atoms with van der Waals surface area (Å²) in [5, 5.41) is 0. The van der Waals surface area contributed by atoms with E-state index in [-0.39, 0.29) is 11.6 Å². The van der Waals surface area contributed by atoms with Gasteiger partial charge in [-0.3, -0.25) is 20.4 Å². The number of benzene rings is 1. The standard InChI is InChI=1S/C18H21FN2O4S2/c1-2-3-4-11-27(24,25)12-17(22)20-21-18(23)16-10-9-15(26-16)13-5-7-14(19)8-6-13/h5-10H,2-4,11-12H2,1H3,(H,20,22)(H,21,23). The highest BCUT2D eigenvalue weighted by Crippen LogP contribution is 2.28. The summed E-state index contributed by atoms with van der Waals surface area (Å²) in [6.45, 7) is 1.96. The van der Waals surface area contributed by atoms with Crippen LogP contribution in [0.4, 0.5) is 4.39 Å². The Morgan fingerprint density at radius 3 is 2.41 bits per heavy atom. The number of thiophene rings is 1. The highest BCUT2D eigenvalue weighted by atomic mass is 32.2. The maximum absolute atomic E-state index is 13.0. The minimum absolute atomic E-state index is 0.0475. The Hall–Kier alpha value is -2.26.